The number of nitrogens with one attached hydrogen (secondary N) is 1. The fourth-order valence-corrected chi connectivity index (χ4v) is 3.35. The van der Waals surface area contributed by atoms with E-state index in [0.717, 1.165) is 34.6 Å². The van der Waals surface area contributed by atoms with Gasteiger partial charge in [-0.25, -0.2) is 4.98 Å². The third-order valence-corrected chi connectivity index (χ3v) is 4.60. The summed E-state index contributed by atoms with van der Waals surface area (Å²) in [5.74, 6) is 0.956. The van der Waals surface area contributed by atoms with Crippen molar-refractivity contribution in [1.82, 2.24) is 14.7 Å². The molecule has 1 aliphatic rings. The number of carbonyl (C=O) groups is 1. The fraction of sp³-hybridized carbons (Fsp3) is 0.300. The molecule has 4 rings (SSSR count). The van der Waals surface area contributed by atoms with Crippen LogP contribution in [0.3, 0.4) is 0 Å². The summed E-state index contributed by atoms with van der Waals surface area (Å²) in [5.41, 5.74) is 5.21. The molecule has 0 spiro atoms. The van der Waals surface area contributed by atoms with Gasteiger partial charge in [-0.1, -0.05) is 18.2 Å². The molecule has 3 aromatic rings. The van der Waals surface area contributed by atoms with Crippen LogP contribution in [0.5, 0.6) is 5.75 Å². The van der Waals surface area contributed by atoms with Crippen LogP contribution in [0.1, 0.15) is 29.3 Å². The number of pyridine rings is 1. The normalized spacial score (nSPS) is 15.8. The standard InChI is InChI=1S/C20H21N3O2/c1-13-4-3-7-23-17(12-22-20(13)23)10-19(24)21-11-15-5-6-18-16(9-15)8-14(2)25-18/h3-7,9,12,14H,8,10-11H2,1-2H3,(H,21,24)/t14-/m0/s1. The Kier molecular flexibility index (Phi) is 3.92. The van der Waals surface area contributed by atoms with Crippen molar-refractivity contribution in [3.8, 4) is 5.75 Å². The zero-order valence-electron chi connectivity index (χ0n) is 14.5. The Hall–Kier alpha value is -2.82. The maximum atomic E-state index is 12.3. The predicted molar refractivity (Wildman–Crippen MR) is 95.7 cm³/mol. The number of hydrogen-bond acceptors (Lipinski definition) is 3. The van der Waals surface area contributed by atoms with Gasteiger partial charge in [0.2, 0.25) is 5.91 Å². The van der Waals surface area contributed by atoms with Crippen LogP contribution < -0.4 is 10.1 Å². The number of nitrogens with zero attached hydrogens (tertiary/aromatic N) is 2. The molecule has 0 radical (unpaired) electrons. The second kappa shape index (κ2) is 6.24. The minimum Gasteiger partial charge on any atom is -0.490 e. The monoisotopic (exact) mass is 335 g/mol. The summed E-state index contributed by atoms with van der Waals surface area (Å²) < 4.78 is 7.69. The summed E-state index contributed by atoms with van der Waals surface area (Å²) in [7, 11) is 0. The van der Waals surface area contributed by atoms with Gasteiger partial charge in [0.25, 0.3) is 0 Å². The van der Waals surface area contributed by atoms with Gasteiger partial charge >= 0.3 is 0 Å². The molecule has 2 aromatic heterocycles. The van der Waals surface area contributed by atoms with E-state index in [-0.39, 0.29) is 12.0 Å². The number of aryl methyl sites for hydroxylation is 1. The predicted octanol–water partition coefficient (Wildman–Crippen LogP) is 2.83. The third-order valence-electron chi connectivity index (χ3n) is 4.60. The highest BCUT2D eigenvalue weighted by Gasteiger charge is 2.19. The molecule has 25 heavy (non-hydrogen) atoms. The Morgan fingerprint density at radius 2 is 2.28 bits per heavy atom. The molecule has 5 nitrogen and oxygen atoms in total. The van der Waals surface area contributed by atoms with E-state index in [2.05, 4.69) is 23.3 Å². The first kappa shape index (κ1) is 15.7. The molecule has 0 bridgehead atoms. The van der Waals surface area contributed by atoms with Gasteiger partial charge in [0, 0.05) is 25.4 Å². The number of imidazole rings is 1. The molecule has 1 aromatic carbocycles. The first-order valence-corrected chi connectivity index (χ1v) is 8.57. The quantitative estimate of drug-likeness (QED) is 0.798. The van der Waals surface area contributed by atoms with Gasteiger partial charge in [-0.2, -0.15) is 0 Å². The minimum absolute atomic E-state index is 0.00609. The summed E-state index contributed by atoms with van der Waals surface area (Å²) in [5, 5.41) is 3.00. The highest BCUT2D eigenvalue weighted by atomic mass is 16.5. The van der Waals surface area contributed by atoms with Gasteiger partial charge in [0.1, 0.15) is 17.5 Å². The van der Waals surface area contributed by atoms with Crippen LogP contribution in [0, 0.1) is 6.92 Å². The van der Waals surface area contributed by atoms with E-state index in [9.17, 15) is 4.79 Å². The molecule has 1 aliphatic heterocycles. The van der Waals surface area contributed by atoms with Gasteiger partial charge in [0.05, 0.1) is 12.1 Å². The molecule has 0 saturated heterocycles. The van der Waals surface area contributed by atoms with E-state index in [0.29, 0.717) is 13.0 Å². The molecular weight excluding hydrogens is 314 g/mol. The first-order chi connectivity index (χ1) is 12.1. The van der Waals surface area contributed by atoms with Crippen molar-refractivity contribution in [2.45, 2.75) is 39.3 Å². The summed E-state index contributed by atoms with van der Waals surface area (Å²) >= 11 is 0. The van der Waals surface area contributed by atoms with Crippen molar-refractivity contribution >= 4 is 11.6 Å². The third kappa shape index (κ3) is 3.09. The lowest BCUT2D eigenvalue weighted by Crippen LogP contribution is -2.25. The smallest absolute Gasteiger partial charge is 0.226 e. The molecule has 1 amide bonds. The number of hydrogen-bond donors (Lipinski definition) is 1. The zero-order valence-corrected chi connectivity index (χ0v) is 14.5. The summed E-state index contributed by atoms with van der Waals surface area (Å²) in [4.78, 5) is 16.7. The topological polar surface area (TPSA) is 55.6 Å². The molecule has 0 fully saturated rings. The lowest BCUT2D eigenvalue weighted by atomic mass is 10.1. The van der Waals surface area contributed by atoms with E-state index in [1.165, 1.54) is 5.56 Å². The molecule has 128 valence electrons. The van der Waals surface area contributed by atoms with Crippen molar-refractivity contribution in [1.29, 1.82) is 0 Å². The Bertz CT molecular complexity index is 945. The van der Waals surface area contributed by atoms with Crippen molar-refractivity contribution in [3.05, 3.63) is 65.1 Å². The van der Waals surface area contributed by atoms with Gasteiger partial charge < -0.3 is 14.5 Å². The largest absolute Gasteiger partial charge is 0.490 e. The van der Waals surface area contributed by atoms with E-state index in [4.69, 9.17) is 4.74 Å². The molecule has 0 saturated carbocycles. The summed E-state index contributed by atoms with van der Waals surface area (Å²) in [6.45, 7) is 4.61. The highest BCUT2D eigenvalue weighted by Crippen LogP contribution is 2.29. The van der Waals surface area contributed by atoms with Gasteiger partial charge in [-0.15, -0.1) is 0 Å². The average molecular weight is 335 g/mol. The number of ether oxygens (including phenoxy) is 1. The van der Waals surface area contributed by atoms with Crippen molar-refractivity contribution < 1.29 is 9.53 Å². The number of carbonyl (C=O) groups excluding carboxylic acids is 1. The van der Waals surface area contributed by atoms with Crippen molar-refractivity contribution in [2.24, 2.45) is 0 Å². The maximum absolute atomic E-state index is 12.3. The van der Waals surface area contributed by atoms with Crippen LogP contribution in [0.15, 0.2) is 42.7 Å². The van der Waals surface area contributed by atoms with Crippen LogP contribution in [0.2, 0.25) is 0 Å². The average Bonchev–Trinajstić information content (AvgIpc) is 3.16. The van der Waals surface area contributed by atoms with Crippen LogP contribution in [0.4, 0.5) is 0 Å². The number of rotatable bonds is 4. The minimum atomic E-state index is -0.00609. The van der Waals surface area contributed by atoms with E-state index >= 15 is 0 Å². The second-order valence-electron chi connectivity index (χ2n) is 6.66. The Balaban J connectivity index is 1.41. The second-order valence-corrected chi connectivity index (χ2v) is 6.66. The van der Waals surface area contributed by atoms with Crippen LogP contribution >= 0.6 is 0 Å². The molecule has 5 heteroatoms. The zero-order chi connectivity index (χ0) is 17.4. The molecule has 0 aliphatic carbocycles. The Morgan fingerprint density at radius 1 is 1.40 bits per heavy atom. The maximum Gasteiger partial charge on any atom is 0.226 e. The Labute approximate surface area is 146 Å². The molecule has 3 heterocycles. The van der Waals surface area contributed by atoms with Crippen LogP contribution in [0.25, 0.3) is 5.65 Å². The van der Waals surface area contributed by atoms with Gasteiger partial charge in [-0.3, -0.25) is 4.79 Å². The van der Waals surface area contributed by atoms with Gasteiger partial charge in [0.15, 0.2) is 0 Å². The van der Waals surface area contributed by atoms with Crippen LogP contribution in [-0.2, 0) is 24.2 Å². The lowest BCUT2D eigenvalue weighted by molar-refractivity contribution is -0.120. The van der Waals surface area contributed by atoms with Gasteiger partial charge in [-0.05, 0) is 42.7 Å². The van der Waals surface area contributed by atoms with Crippen molar-refractivity contribution in [3.63, 3.8) is 0 Å². The molecule has 1 N–H and O–H groups in total. The Morgan fingerprint density at radius 3 is 3.16 bits per heavy atom. The van der Waals surface area contributed by atoms with E-state index in [1.807, 2.05) is 41.8 Å². The van der Waals surface area contributed by atoms with Crippen LogP contribution in [-0.4, -0.2) is 21.4 Å². The molecule has 1 atom stereocenters. The SMILES string of the molecule is Cc1cccn2c(CC(=O)NCc3ccc4c(c3)C[C@H](C)O4)cnc12. The first-order valence-electron chi connectivity index (χ1n) is 8.57. The summed E-state index contributed by atoms with van der Waals surface area (Å²) in [6, 6.07) is 10.1. The fourth-order valence-electron chi connectivity index (χ4n) is 3.35. The number of aromatic nitrogens is 2. The van der Waals surface area contributed by atoms with E-state index in [1.54, 1.807) is 6.20 Å². The van der Waals surface area contributed by atoms with E-state index < -0.39 is 0 Å². The lowest BCUT2D eigenvalue weighted by Gasteiger charge is -2.07. The summed E-state index contributed by atoms with van der Waals surface area (Å²) in [6.07, 6.45) is 5.20. The molecular formula is C20H21N3O2. The number of benzene rings is 1. The van der Waals surface area contributed by atoms with Crippen molar-refractivity contribution in [2.75, 3.05) is 0 Å². The molecule has 0 unspecified atom stereocenters. The highest BCUT2D eigenvalue weighted by molar-refractivity contribution is 5.78. The number of amides is 1. The number of fused-ring (bicyclic) bond motifs is 2.